The molecule has 0 spiro atoms. The van der Waals surface area contributed by atoms with Gasteiger partial charge in [0, 0.05) is 45.2 Å². The number of hydrogen-bond donors (Lipinski definition) is 2. The molecule has 1 aromatic carbocycles. The monoisotopic (exact) mass is 366 g/mol. The molecule has 6 nitrogen and oxygen atoms in total. The van der Waals surface area contributed by atoms with Gasteiger partial charge in [-0.25, -0.2) is 8.42 Å². The molecule has 1 atom stereocenters. The van der Waals surface area contributed by atoms with E-state index in [9.17, 15) is 8.42 Å². The fourth-order valence-corrected chi connectivity index (χ4v) is 4.04. The van der Waals surface area contributed by atoms with Crippen LogP contribution in [0.5, 0.6) is 0 Å². The van der Waals surface area contributed by atoms with Gasteiger partial charge in [0.05, 0.1) is 11.5 Å². The summed E-state index contributed by atoms with van der Waals surface area (Å²) in [6.07, 6.45) is 0. The van der Waals surface area contributed by atoms with Crippen molar-refractivity contribution >= 4 is 15.8 Å². The average molecular weight is 367 g/mol. The Morgan fingerprint density at radius 3 is 2.52 bits per heavy atom. The van der Waals surface area contributed by atoms with Gasteiger partial charge in [-0.05, 0) is 12.5 Å². The number of nitrogens with zero attached hydrogens (tertiary/aromatic N) is 2. The van der Waals surface area contributed by atoms with Gasteiger partial charge in [-0.15, -0.1) is 0 Å². The molecule has 1 aromatic rings. The Bertz CT molecular complexity index is 632. The second-order valence-electron chi connectivity index (χ2n) is 6.45. The summed E-state index contributed by atoms with van der Waals surface area (Å²) in [7, 11) is -2.81. The molecule has 0 amide bonds. The van der Waals surface area contributed by atoms with Gasteiger partial charge in [-0.2, -0.15) is 0 Å². The van der Waals surface area contributed by atoms with Crippen LogP contribution in [-0.2, 0) is 9.84 Å². The molecule has 1 aliphatic rings. The maximum Gasteiger partial charge on any atom is 0.191 e. The Morgan fingerprint density at radius 1 is 1.20 bits per heavy atom. The molecule has 25 heavy (non-hydrogen) atoms. The lowest BCUT2D eigenvalue weighted by Gasteiger charge is -2.26. The van der Waals surface area contributed by atoms with Crippen molar-refractivity contribution in [1.82, 2.24) is 15.5 Å². The molecule has 0 radical (unpaired) electrons. The highest BCUT2D eigenvalue weighted by molar-refractivity contribution is 7.91. The van der Waals surface area contributed by atoms with Gasteiger partial charge >= 0.3 is 0 Å². The average Bonchev–Trinajstić information content (AvgIpc) is 2.61. The van der Waals surface area contributed by atoms with Gasteiger partial charge in [0.2, 0.25) is 0 Å². The molecular weight excluding hydrogens is 336 g/mol. The molecule has 1 aliphatic heterocycles. The normalized spacial score (nSPS) is 19.4. The van der Waals surface area contributed by atoms with Crippen LogP contribution < -0.4 is 10.6 Å². The molecule has 1 unspecified atom stereocenters. The van der Waals surface area contributed by atoms with Gasteiger partial charge < -0.3 is 10.6 Å². The SMILES string of the molecule is CCNC(=NCC(C)c1ccccc1)NCCN1CCS(=O)(=O)CC1. The molecule has 2 N–H and O–H groups in total. The first kappa shape index (κ1) is 19.7. The third-order valence-electron chi connectivity index (χ3n) is 4.39. The highest BCUT2D eigenvalue weighted by Crippen LogP contribution is 2.14. The van der Waals surface area contributed by atoms with Crippen LogP contribution in [0.2, 0.25) is 0 Å². The molecule has 1 heterocycles. The summed E-state index contributed by atoms with van der Waals surface area (Å²) in [5.74, 6) is 1.73. The first-order valence-corrected chi connectivity index (χ1v) is 10.8. The minimum Gasteiger partial charge on any atom is -0.357 e. The van der Waals surface area contributed by atoms with Crippen LogP contribution in [0.25, 0.3) is 0 Å². The fourth-order valence-electron chi connectivity index (χ4n) is 2.76. The Labute approximate surface area is 151 Å². The first-order valence-electron chi connectivity index (χ1n) is 9.00. The molecular formula is C18H30N4O2S. The highest BCUT2D eigenvalue weighted by Gasteiger charge is 2.20. The Hall–Kier alpha value is -1.60. The molecule has 0 aliphatic carbocycles. The number of benzene rings is 1. The maximum atomic E-state index is 11.5. The van der Waals surface area contributed by atoms with E-state index in [0.29, 0.717) is 19.0 Å². The van der Waals surface area contributed by atoms with Crippen LogP contribution in [0.3, 0.4) is 0 Å². The Kier molecular flexibility index (Phi) is 7.71. The molecule has 2 rings (SSSR count). The van der Waals surface area contributed by atoms with Crippen molar-refractivity contribution in [2.45, 2.75) is 19.8 Å². The fraction of sp³-hybridized carbons (Fsp3) is 0.611. The van der Waals surface area contributed by atoms with E-state index in [1.165, 1.54) is 5.56 Å². The van der Waals surface area contributed by atoms with E-state index >= 15 is 0 Å². The predicted molar refractivity (Wildman–Crippen MR) is 104 cm³/mol. The van der Waals surface area contributed by atoms with Crippen molar-refractivity contribution in [1.29, 1.82) is 0 Å². The van der Waals surface area contributed by atoms with Crippen LogP contribution in [0.1, 0.15) is 25.3 Å². The number of nitrogens with one attached hydrogen (secondary N) is 2. The number of aliphatic imine (C=N–C) groups is 1. The lowest BCUT2D eigenvalue weighted by atomic mass is 10.0. The lowest BCUT2D eigenvalue weighted by molar-refractivity contribution is 0.299. The zero-order valence-corrected chi connectivity index (χ0v) is 16.1. The zero-order chi connectivity index (χ0) is 18.1. The summed E-state index contributed by atoms with van der Waals surface area (Å²) in [6.45, 7) is 8.60. The second kappa shape index (κ2) is 9.77. The molecule has 1 fully saturated rings. The van der Waals surface area contributed by atoms with Crippen LogP contribution in [0.4, 0.5) is 0 Å². The highest BCUT2D eigenvalue weighted by atomic mass is 32.2. The topological polar surface area (TPSA) is 73.8 Å². The summed E-state index contributed by atoms with van der Waals surface area (Å²) >= 11 is 0. The zero-order valence-electron chi connectivity index (χ0n) is 15.2. The van der Waals surface area contributed by atoms with Crippen molar-refractivity contribution in [3.05, 3.63) is 35.9 Å². The van der Waals surface area contributed by atoms with E-state index in [2.05, 4.69) is 51.7 Å². The molecule has 0 bridgehead atoms. The second-order valence-corrected chi connectivity index (χ2v) is 8.76. The molecule has 140 valence electrons. The van der Waals surface area contributed by atoms with Gasteiger partial charge in [0.1, 0.15) is 0 Å². The smallest absolute Gasteiger partial charge is 0.191 e. The standard InChI is InChI=1S/C18H30N4O2S/c1-3-19-18(21-15-16(2)17-7-5-4-6-8-17)20-9-10-22-11-13-25(23,24)14-12-22/h4-8,16H,3,9-15H2,1-2H3,(H2,19,20,21). The van der Waals surface area contributed by atoms with Gasteiger partial charge in [0.25, 0.3) is 0 Å². The Balaban J connectivity index is 1.78. The quantitative estimate of drug-likeness (QED) is 0.558. The number of hydrogen-bond acceptors (Lipinski definition) is 4. The van der Waals surface area contributed by atoms with E-state index in [-0.39, 0.29) is 11.5 Å². The Morgan fingerprint density at radius 2 is 1.88 bits per heavy atom. The summed E-state index contributed by atoms with van der Waals surface area (Å²) in [5, 5.41) is 6.61. The van der Waals surface area contributed by atoms with Crippen molar-refractivity contribution < 1.29 is 8.42 Å². The third-order valence-corrected chi connectivity index (χ3v) is 6.00. The van der Waals surface area contributed by atoms with Crippen LogP contribution in [-0.4, -0.2) is 70.1 Å². The van der Waals surface area contributed by atoms with E-state index < -0.39 is 9.84 Å². The predicted octanol–water partition coefficient (Wildman–Crippen LogP) is 1.08. The first-order chi connectivity index (χ1) is 12.0. The number of rotatable bonds is 7. The van der Waals surface area contributed by atoms with Crippen LogP contribution in [0, 0.1) is 0 Å². The number of sulfone groups is 1. The molecule has 1 saturated heterocycles. The van der Waals surface area contributed by atoms with Crippen LogP contribution >= 0.6 is 0 Å². The minimum absolute atomic E-state index is 0.274. The van der Waals surface area contributed by atoms with Crippen molar-refractivity contribution in [3.8, 4) is 0 Å². The van der Waals surface area contributed by atoms with Gasteiger partial charge in [-0.1, -0.05) is 37.3 Å². The summed E-state index contributed by atoms with van der Waals surface area (Å²) in [5.41, 5.74) is 1.29. The molecule has 0 aromatic heterocycles. The maximum absolute atomic E-state index is 11.5. The largest absolute Gasteiger partial charge is 0.357 e. The lowest BCUT2D eigenvalue weighted by Crippen LogP contribution is -2.46. The van der Waals surface area contributed by atoms with Gasteiger partial charge in [0.15, 0.2) is 15.8 Å². The van der Waals surface area contributed by atoms with Gasteiger partial charge in [-0.3, -0.25) is 9.89 Å². The van der Waals surface area contributed by atoms with E-state index in [1.54, 1.807) is 0 Å². The summed E-state index contributed by atoms with van der Waals surface area (Å²) in [4.78, 5) is 6.86. The molecule has 0 saturated carbocycles. The van der Waals surface area contributed by atoms with Crippen molar-refractivity contribution in [3.63, 3.8) is 0 Å². The van der Waals surface area contributed by atoms with E-state index in [4.69, 9.17) is 0 Å². The molecule has 7 heteroatoms. The minimum atomic E-state index is -2.81. The summed E-state index contributed by atoms with van der Waals surface area (Å²) in [6, 6.07) is 10.4. The van der Waals surface area contributed by atoms with Crippen molar-refractivity contribution in [2.75, 3.05) is 50.8 Å². The number of guanidine groups is 1. The van der Waals surface area contributed by atoms with E-state index in [0.717, 1.165) is 32.1 Å². The summed E-state index contributed by atoms with van der Waals surface area (Å²) < 4.78 is 22.9. The van der Waals surface area contributed by atoms with E-state index in [1.807, 2.05) is 13.0 Å². The van der Waals surface area contributed by atoms with Crippen LogP contribution in [0.15, 0.2) is 35.3 Å². The van der Waals surface area contributed by atoms with Crippen molar-refractivity contribution in [2.24, 2.45) is 4.99 Å². The third kappa shape index (κ3) is 7.04.